The van der Waals surface area contributed by atoms with E-state index >= 15 is 0 Å². The Morgan fingerprint density at radius 1 is 1.50 bits per heavy atom. The molecule has 1 unspecified atom stereocenters. The first kappa shape index (κ1) is 11.6. The molecule has 0 rings (SSSR count). The van der Waals surface area contributed by atoms with Crippen LogP contribution in [0.15, 0.2) is 0 Å². The van der Waals surface area contributed by atoms with Crippen molar-refractivity contribution >= 4 is 5.78 Å². The molecule has 1 atom stereocenters. The lowest BCUT2D eigenvalue weighted by Gasteiger charge is -2.18. The maximum Gasteiger partial charge on any atom is 0.134 e. The fraction of sp³-hybridized carbons (Fsp3) is 0.900. The van der Waals surface area contributed by atoms with Gasteiger partial charge in [-0.25, -0.2) is 0 Å². The largest absolute Gasteiger partial charge is 0.325 e. The van der Waals surface area contributed by atoms with Gasteiger partial charge in [-0.1, -0.05) is 20.3 Å². The molecule has 0 aliphatic rings. The molecule has 0 heterocycles. The van der Waals surface area contributed by atoms with Crippen LogP contribution in [0.5, 0.6) is 0 Å². The molecule has 0 radical (unpaired) electrons. The molecular formula is C10H21NO. The Hall–Kier alpha value is -0.370. The number of rotatable bonds is 5. The number of hydrogen-bond acceptors (Lipinski definition) is 2. The molecule has 0 amide bonds. The van der Waals surface area contributed by atoms with Crippen molar-refractivity contribution in [1.82, 2.24) is 0 Å². The first-order valence-electron chi connectivity index (χ1n) is 4.65. The molecule has 2 N–H and O–H groups in total. The second kappa shape index (κ2) is 4.61. The number of hydrogen-bond donors (Lipinski definition) is 1. The zero-order valence-electron chi connectivity index (χ0n) is 8.68. The summed E-state index contributed by atoms with van der Waals surface area (Å²) in [5.41, 5.74) is 5.39. The summed E-state index contributed by atoms with van der Waals surface area (Å²) in [6, 6.07) is 0. The average molecular weight is 171 g/mol. The maximum atomic E-state index is 11.3. The Bertz CT molecular complexity index is 146. The summed E-state index contributed by atoms with van der Waals surface area (Å²) in [5.74, 6) is 0.789. The highest BCUT2D eigenvalue weighted by molar-refractivity contribution is 5.79. The highest BCUT2D eigenvalue weighted by Crippen LogP contribution is 2.12. The lowest BCUT2D eigenvalue weighted by atomic mass is 9.93. The first-order chi connectivity index (χ1) is 5.35. The van der Waals surface area contributed by atoms with Crippen molar-refractivity contribution in [2.24, 2.45) is 11.7 Å². The second-order valence-corrected chi connectivity index (χ2v) is 4.42. The highest BCUT2D eigenvalue weighted by atomic mass is 16.1. The van der Waals surface area contributed by atoms with Gasteiger partial charge in [0.1, 0.15) is 5.78 Å². The Labute approximate surface area is 75.5 Å². The molecule has 0 aliphatic heterocycles. The lowest BCUT2D eigenvalue weighted by molar-refractivity contribution is -0.120. The van der Waals surface area contributed by atoms with Crippen LogP contribution in [0.1, 0.15) is 47.0 Å². The minimum absolute atomic E-state index is 0.289. The van der Waals surface area contributed by atoms with Crippen molar-refractivity contribution in [3.05, 3.63) is 0 Å². The van der Waals surface area contributed by atoms with E-state index in [0.29, 0.717) is 18.8 Å². The van der Waals surface area contributed by atoms with Crippen LogP contribution in [0.2, 0.25) is 0 Å². The summed E-state index contributed by atoms with van der Waals surface area (Å²) < 4.78 is 0. The smallest absolute Gasteiger partial charge is 0.134 e. The zero-order chi connectivity index (χ0) is 9.78. The standard InChI is InChI=1S/C10H21NO/c1-5-8(2)6-9(12)7-10(3,4)11/h8H,5-7,11H2,1-4H3. The van der Waals surface area contributed by atoms with Crippen LogP contribution in [0, 0.1) is 5.92 Å². The normalized spacial score (nSPS) is 14.4. The molecule has 72 valence electrons. The molecule has 0 aromatic rings. The van der Waals surface area contributed by atoms with Crippen molar-refractivity contribution in [1.29, 1.82) is 0 Å². The van der Waals surface area contributed by atoms with Gasteiger partial charge in [-0.05, 0) is 19.8 Å². The van der Waals surface area contributed by atoms with E-state index in [4.69, 9.17) is 5.73 Å². The number of Topliss-reactive ketones (excluding diaryl/α,β-unsaturated/α-hetero) is 1. The van der Waals surface area contributed by atoms with Crippen molar-refractivity contribution in [3.63, 3.8) is 0 Å². The average Bonchev–Trinajstić information content (AvgIpc) is 1.82. The fourth-order valence-electron chi connectivity index (χ4n) is 1.11. The van der Waals surface area contributed by atoms with Gasteiger partial charge in [0.05, 0.1) is 0 Å². The van der Waals surface area contributed by atoms with Crippen molar-refractivity contribution in [2.75, 3.05) is 0 Å². The van der Waals surface area contributed by atoms with Crippen LogP contribution in [0.25, 0.3) is 0 Å². The monoisotopic (exact) mass is 171 g/mol. The molecule has 0 saturated heterocycles. The lowest BCUT2D eigenvalue weighted by Crippen LogP contribution is -2.34. The van der Waals surface area contributed by atoms with Crippen molar-refractivity contribution in [2.45, 2.75) is 52.5 Å². The van der Waals surface area contributed by atoms with Gasteiger partial charge in [0.15, 0.2) is 0 Å². The van der Waals surface area contributed by atoms with Gasteiger partial charge in [-0.15, -0.1) is 0 Å². The predicted octanol–water partition coefficient (Wildman–Crippen LogP) is 2.12. The quantitative estimate of drug-likeness (QED) is 0.688. The summed E-state index contributed by atoms with van der Waals surface area (Å²) in [6.45, 7) is 7.98. The minimum Gasteiger partial charge on any atom is -0.325 e. The third-order valence-corrected chi connectivity index (χ3v) is 1.93. The molecule has 0 aliphatic carbocycles. The molecule has 2 heteroatoms. The topological polar surface area (TPSA) is 43.1 Å². The molecule has 0 bridgehead atoms. The third kappa shape index (κ3) is 6.35. The van der Waals surface area contributed by atoms with Crippen molar-refractivity contribution in [3.8, 4) is 0 Å². The van der Waals surface area contributed by atoms with Gasteiger partial charge in [0, 0.05) is 18.4 Å². The highest BCUT2D eigenvalue weighted by Gasteiger charge is 2.17. The summed E-state index contributed by atoms with van der Waals surface area (Å²) in [5, 5.41) is 0. The van der Waals surface area contributed by atoms with Gasteiger partial charge in [0.2, 0.25) is 0 Å². The predicted molar refractivity (Wildman–Crippen MR) is 52.0 cm³/mol. The fourth-order valence-corrected chi connectivity index (χ4v) is 1.11. The molecule has 0 fully saturated rings. The van der Waals surface area contributed by atoms with Crippen molar-refractivity contribution < 1.29 is 4.79 Å². The van der Waals surface area contributed by atoms with E-state index in [2.05, 4.69) is 13.8 Å². The van der Waals surface area contributed by atoms with Gasteiger partial charge in [0.25, 0.3) is 0 Å². The third-order valence-electron chi connectivity index (χ3n) is 1.93. The van der Waals surface area contributed by atoms with Crippen LogP contribution < -0.4 is 5.73 Å². The Balaban J connectivity index is 3.75. The molecule has 0 aromatic heterocycles. The Kier molecular flexibility index (Phi) is 4.46. The molecule has 0 aromatic carbocycles. The van der Waals surface area contributed by atoms with E-state index in [1.54, 1.807) is 0 Å². The summed E-state index contributed by atoms with van der Waals surface area (Å²) in [4.78, 5) is 11.3. The maximum absolute atomic E-state index is 11.3. The molecule has 0 saturated carbocycles. The summed E-state index contributed by atoms with van der Waals surface area (Å²) in [6.07, 6.45) is 2.24. The van der Waals surface area contributed by atoms with E-state index in [0.717, 1.165) is 6.42 Å². The van der Waals surface area contributed by atoms with Crippen LogP contribution >= 0.6 is 0 Å². The van der Waals surface area contributed by atoms with Gasteiger partial charge >= 0.3 is 0 Å². The van der Waals surface area contributed by atoms with E-state index in [-0.39, 0.29) is 11.3 Å². The van der Waals surface area contributed by atoms with Crippen LogP contribution in [-0.4, -0.2) is 11.3 Å². The summed E-state index contributed by atoms with van der Waals surface area (Å²) >= 11 is 0. The first-order valence-corrected chi connectivity index (χ1v) is 4.65. The van der Waals surface area contributed by atoms with Crippen LogP contribution in [0.3, 0.4) is 0 Å². The summed E-state index contributed by atoms with van der Waals surface area (Å²) in [7, 11) is 0. The minimum atomic E-state index is -0.343. The molecule has 0 spiro atoms. The SMILES string of the molecule is CCC(C)CC(=O)CC(C)(C)N. The van der Waals surface area contributed by atoms with Crippen LogP contribution in [0.4, 0.5) is 0 Å². The Morgan fingerprint density at radius 2 is 2.00 bits per heavy atom. The number of ketones is 1. The van der Waals surface area contributed by atoms with Gasteiger partial charge in [-0.3, -0.25) is 4.79 Å². The van der Waals surface area contributed by atoms with Gasteiger partial charge in [-0.2, -0.15) is 0 Å². The van der Waals surface area contributed by atoms with Gasteiger partial charge < -0.3 is 5.73 Å². The number of carbonyl (C=O) groups excluding carboxylic acids is 1. The second-order valence-electron chi connectivity index (χ2n) is 4.42. The van der Waals surface area contributed by atoms with Crippen LogP contribution in [-0.2, 0) is 4.79 Å². The van der Waals surface area contributed by atoms with E-state index in [1.165, 1.54) is 0 Å². The molecule has 12 heavy (non-hydrogen) atoms. The molecule has 2 nitrogen and oxygen atoms in total. The van der Waals surface area contributed by atoms with E-state index in [1.807, 2.05) is 13.8 Å². The van der Waals surface area contributed by atoms with E-state index in [9.17, 15) is 4.79 Å². The molecular weight excluding hydrogens is 150 g/mol. The number of nitrogens with two attached hydrogens (primary N) is 1. The van der Waals surface area contributed by atoms with E-state index < -0.39 is 0 Å². The zero-order valence-corrected chi connectivity index (χ0v) is 8.68. The Morgan fingerprint density at radius 3 is 2.33 bits per heavy atom. The number of carbonyl (C=O) groups is 1.